The molecule has 126 valence electrons. The molecule has 0 aliphatic rings. The summed E-state index contributed by atoms with van der Waals surface area (Å²) < 4.78 is 0. The van der Waals surface area contributed by atoms with Crippen LogP contribution in [0.2, 0.25) is 0 Å². The third kappa shape index (κ3) is 6.52. The molecule has 2 atom stereocenters. The highest BCUT2D eigenvalue weighted by molar-refractivity contribution is 5.96. The number of hydrogen-bond donors (Lipinski definition) is 0. The summed E-state index contributed by atoms with van der Waals surface area (Å²) in [6, 6.07) is 7.88. The van der Waals surface area contributed by atoms with Crippen LogP contribution in [0.1, 0.15) is 74.2 Å². The van der Waals surface area contributed by atoms with Gasteiger partial charge < -0.3 is 0 Å². The lowest BCUT2D eigenvalue weighted by atomic mass is 9.92. The van der Waals surface area contributed by atoms with Crippen LogP contribution >= 0.6 is 0 Å². The first-order chi connectivity index (χ1) is 11.2. The van der Waals surface area contributed by atoms with Gasteiger partial charge in [0, 0.05) is 31.2 Å². The second-order valence-electron chi connectivity index (χ2n) is 6.17. The van der Waals surface area contributed by atoms with Gasteiger partial charge in [-0.25, -0.2) is 0 Å². The Morgan fingerprint density at radius 1 is 1.22 bits per heavy atom. The number of nitrogens with zero attached hydrogens (tertiary/aromatic N) is 1. The molecule has 2 heteroatoms. The summed E-state index contributed by atoms with van der Waals surface area (Å²) in [6.45, 7) is 8.31. The maximum absolute atomic E-state index is 12.3. The van der Waals surface area contributed by atoms with Crippen molar-refractivity contribution in [1.82, 2.24) is 0 Å². The van der Waals surface area contributed by atoms with Crippen molar-refractivity contribution in [3.63, 3.8) is 0 Å². The van der Waals surface area contributed by atoms with Crippen molar-refractivity contribution >= 4 is 12.0 Å². The normalized spacial score (nSPS) is 13.9. The molecule has 0 saturated carbocycles. The van der Waals surface area contributed by atoms with E-state index in [1.165, 1.54) is 25.7 Å². The van der Waals surface area contributed by atoms with Crippen LogP contribution in [-0.4, -0.2) is 19.0 Å². The van der Waals surface area contributed by atoms with Crippen LogP contribution in [0.15, 0.2) is 41.9 Å². The predicted molar refractivity (Wildman–Crippen MR) is 101 cm³/mol. The zero-order valence-corrected chi connectivity index (χ0v) is 14.9. The molecular formula is C21H31NO. The van der Waals surface area contributed by atoms with Gasteiger partial charge in [0.05, 0.1) is 0 Å². The Kier molecular flexibility index (Phi) is 9.20. The number of hydrogen-bond acceptors (Lipinski definition) is 2. The molecule has 0 fully saturated rings. The Balaban J connectivity index is 2.55. The lowest BCUT2D eigenvalue weighted by molar-refractivity contribution is 0.0977. The molecule has 1 aromatic rings. The van der Waals surface area contributed by atoms with Crippen molar-refractivity contribution in [2.24, 2.45) is 10.9 Å². The van der Waals surface area contributed by atoms with Gasteiger partial charge in [-0.05, 0) is 17.9 Å². The van der Waals surface area contributed by atoms with Crippen molar-refractivity contribution in [3.8, 4) is 0 Å². The fourth-order valence-electron chi connectivity index (χ4n) is 2.99. The monoisotopic (exact) mass is 313 g/mol. The third-order valence-electron chi connectivity index (χ3n) is 4.47. The Morgan fingerprint density at radius 2 is 1.91 bits per heavy atom. The zero-order valence-electron chi connectivity index (χ0n) is 14.9. The van der Waals surface area contributed by atoms with Crippen LogP contribution in [-0.2, 0) is 0 Å². The van der Waals surface area contributed by atoms with Crippen LogP contribution < -0.4 is 0 Å². The largest absolute Gasteiger partial charge is 0.300 e. The predicted octanol–water partition coefficient (Wildman–Crippen LogP) is 5.84. The molecule has 0 amide bonds. The van der Waals surface area contributed by atoms with Gasteiger partial charge in [0.25, 0.3) is 0 Å². The standard InChI is InChI=1S/C21H31NO/c1-5-9-17(6-2)10-8-11-21(23)20-14-12-19(13-15-20)18(7-3)16-22-4/h7,12-18H,3,5-6,8-11H2,1-2,4H3. The van der Waals surface area contributed by atoms with Gasteiger partial charge in [0.2, 0.25) is 0 Å². The molecule has 1 rings (SSSR count). The molecule has 23 heavy (non-hydrogen) atoms. The number of benzene rings is 1. The second-order valence-corrected chi connectivity index (χ2v) is 6.17. The van der Waals surface area contributed by atoms with E-state index in [1.807, 2.05) is 36.6 Å². The number of Topliss-reactive ketones (excluding diaryl/α,β-unsaturated/α-hetero) is 1. The topological polar surface area (TPSA) is 29.4 Å². The van der Waals surface area contributed by atoms with Gasteiger partial charge in [-0.3, -0.25) is 9.79 Å². The second kappa shape index (κ2) is 10.9. The first-order valence-electron chi connectivity index (χ1n) is 8.84. The molecule has 0 bridgehead atoms. The zero-order chi connectivity index (χ0) is 17.1. The summed E-state index contributed by atoms with van der Waals surface area (Å²) in [5.41, 5.74) is 1.93. The Labute approximate surface area is 141 Å². The van der Waals surface area contributed by atoms with E-state index in [2.05, 4.69) is 25.4 Å². The van der Waals surface area contributed by atoms with Gasteiger partial charge >= 0.3 is 0 Å². The molecule has 0 radical (unpaired) electrons. The number of allylic oxidation sites excluding steroid dienone is 1. The van der Waals surface area contributed by atoms with Crippen LogP contribution in [0.5, 0.6) is 0 Å². The summed E-state index contributed by atoms with van der Waals surface area (Å²) >= 11 is 0. The molecule has 0 spiro atoms. The molecule has 0 aromatic heterocycles. The Hall–Kier alpha value is -1.70. The SMILES string of the molecule is C=CC(C=NC)c1ccc(C(=O)CCCC(CC)CCC)cc1. The molecule has 0 aliphatic carbocycles. The van der Waals surface area contributed by atoms with Crippen molar-refractivity contribution < 1.29 is 4.79 Å². The first kappa shape index (κ1) is 19.3. The van der Waals surface area contributed by atoms with Crippen LogP contribution in [0.3, 0.4) is 0 Å². The average Bonchev–Trinajstić information content (AvgIpc) is 2.59. The number of rotatable bonds is 11. The summed E-state index contributed by atoms with van der Waals surface area (Å²) in [5, 5.41) is 0. The van der Waals surface area contributed by atoms with Crippen molar-refractivity contribution in [2.75, 3.05) is 7.05 Å². The quantitative estimate of drug-likeness (QED) is 0.287. The summed E-state index contributed by atoms with van der Waals surface area (Å²) in [6.07, 6.45) is 10.3. The number of aliphatic imine (C=N–C) groups is 1. The molecule has 2 nitrogen and oxygen atoms in total. The summed E-state index contributed by atoms with van der Waals surface area (Å²) in [7, 11) is 1.76. The van der Waals surface area contributed by atoms with Gasteiger partial charge in [-0.2, -0.15) is 0 Å². The molecule has 1 aromatic carbocycles. The van der Waals surface area contributed by atoms with Crippen LogP contribution in [0.4, 0.5) is 0 Å². The lowest BCUT2D eigenvalue weighted by Gasteiger charge is -2.13. The minimum Gasteiger partial charge on any atom is -0.300 e. The molecule has 0 saturated heterocycles. The summed E-state index contributed by atoms with van der Waals surface area (Å²) in [5.74, 6) is 1.14. The average molecular weight is 313 g/mol. The number of carbonyl (C=O) groups excluding carboxylic acids is 1. The lowest BCUT2D eigenvalue weighted by Crippen LogP contribution is -2.04. The highest BCUT2D eigenvalue weighted by Gasteiger charge is 2.10. The highest BCUT2D eigenvalue weighted by Crippen LogP contribution is 2.20. The van der Waals surface area contributed by atoms with Gasteiger partial charge in [0.1, 0.15) is 0 Å². The van der Waals surface area contributed by atoms with Gasteiger partial charge in [0.15, 0.2) is 5.78 Å². The molecular weight excluding hydrogens is 282 g/mol. The van der Waals surface area contributed by atoms with Crippen LogP contribution in [0, 0.1) is 5.92 Å². The fourth-order valence-corrected chi connectivity index (χ4v) is 2.99. The Bertz CT molecular complexity index is 501. The van der Waals surface area contributed by atoms with E-state index in [0.717, 1.165) is 23.5 Å². The van der Waals surface area contributed by atoms with Crippen molar-refractivity contribution in [2.45, 2.75) is 58.3 Å². The minimum absolute atomic E-state index is 0.114. The maximum Gasteiger partial charge on any atom is 0.162 e. The van der Waals surface area contributed by atoms with E-state index in [-0.39, 0.29) is 11.7 Å². The highest BCUT2D eigenvalue weighted by atomic mass is 16.1. The van der Waals surface area contributed by atoms with Crippen LogP contribution in [0.25, 0.3) is 0 Å². The number of carbonyl (C=O) groups is 1. The fraction of sp³-hybridized carbons (Fsp3) is 0.524. The molecule has 0 N–H and O–H groups in total. The van der Waals surface area contributed by atoms with Gasteiger partial charge in [-0.1, -0.05) is 69.9 Å². The van der Waals surface area contributed by atoms with E-state index >= 15 is 0 Å². The van der Waals surface area contributed by atoms with E-state index in [1.54, 1.807) is 7.05 Å². The van der Waals surface area contributed by atoms with Gasteiger partial charge in [-0.15, -0.1) is 6.58 Å². The third-order valence-corrected chi connectivity index (χ3v) is 4.47. The minimum atomic E-state index is 0.114. The van der Waals surface area contributed by atoms with E-state index in [9.17, 15) is 4.79 Å². The van der Waals surface area contributed by atoms with E-state index in [4.69, 9.17) is 0 Å². The van der Waals surface area contributed by atoms with E-state index in [0.29, 0.717) is 6.42 Å². The van der Waals surface area contributed by atoms with E-state index < -0.39 is 0 Å². The number of ketones is 1. The smallest absolute Gasteiger partial charge is 0.162 e. The van der Waals surface area contributed by atoms with Crippen molar-refractivity contribution in [1.29, 1.82) is 0 Å². The van der Waals surface area contributed by atoms with Crippen molar-refractivity contribution in [3.05, 3.63) is 48.0 Å². The molecule has 0 heterocycles. The maximum atomic E-state index is 12.3. The summed E-state index contributed by atoms with van der Waals surface area (Å²) in [4.78, 5) is 16.4. The molecule has 2 unspecified atom stereocenters. The molecule has 0 aliphatic heterocycles. The Morgan fingerprint density at radius 3 is 2.43 bits per heavy atom. The first-order valence-corrected chi connectivity index (χ1v) is 8.84.